The highest BCUT2D eigenvalue weighted by Crippen LogP contribution is 2.33. The average Bonchev–Trinajstić information content (AvgIpc) is 3.10. The quantitative estimate of drug-likeness (QED) is 0.666. The minimum absolute atomic E-state index is 0.0232. The maximum Gasteiger partial charge on any atom is 0.243 e. The zero-order valence-electron chi connectivity index (χ0n) is 17.1. The molecule has 4 fully saturated rings. The summed E-state index contributed by atoms with van der Waals surface area (Å²) < 4.78 is 0. The molecule has 1 spiro atoms. The van der Waals surface area contributed by atoms with E-state index < -0.39 is 0 Å². The topological polar surface area (TPSA) is 85.0 Å². The molecular weight excluding hydrogens is 358 g/mol. The fraction of sp³-hybridized carbons (Fsp3) is 0.850. The zero-order valence-corrected chi connectivity index (χ0v) is 17.1. The van der Waals surface area contributed by atoms with Gasteiger partial charge in [-0.1, -0.05) is 0 Å². The summed E-state index contributed by atoms with van der Waals surface area (Å²) in [7, 11) is 2.11. The molecular formula is C20H33N5O3. The van der Waals surface area contributed by atoms with Gasteiger partial charge in [-0.05, 0) is 52.2 Å². The first-order chi connectivity index (χ1) is 13.4. The van der Waals surface area contributed by atoms with Gasteiger partial charge in [-0.25, -0.2) is 0 Å². The molecule has 4 saturated heterocycles. The molecule has 0 aliphatic carbocycles. The SMILES string of the molecule is CC(=O)N1CCC(N(C)[C@H]2C[C@H]3C(=O)NC4(CCNCC4)CC(=O)N3C2)CC1. The lowest BCUT2D eigenvalue weighted by atomic mass is 9.85. The van der Waals surface area contributed by atoms with Gasteiger partial charge in [0, 0.05) is 38.6 Å². The Morgan fingerprint density at radius 3 is 2.46 bits per heavy atom. The van der Waals surface area contributed by atoms with Gasteiger partial charge in [0.05, 0.1) is 12.0 Å². The molecule has 4 heterocycles. The minimum Gasteiger partial charge on any atom is -0.348 e. The Hall–Kier alpha value is -1.67. The minimum atomic E-state index is -0.356. The summed E-state index contributed by atoms with van der Waals surface area (Å²) in [6.07, 6.45) is 4.67. The van der Waals surface area contributed by atoms with Crippen molar-refractivity contribution in [3.63, 3.8) is 0 Å². The van der Waals surface area contributed by atoms with Crippen molar-refractivity contribution in [1.82, 2.24) is 25.3 Å². The molecule has 4 aliphatic heterocycles. The highest BCUT2D eigenvalue weighted by atomic mass is 16.2. The maximum atomic E-state index is 13.0. The highest BCUT2D eigenvalue weighted by molar-refractivity contribution is 5.92. The van der Waals surface area contributed by atoms with Crippen molar-refractivity contribution < 1.29 is 14.4 Å². The molecule has 4 aliphatic rings. The molecule has 0 bridgehead atoms. The third kappa shape index (κ3) is 3.64. The molecule has 0 aromatic heterocycles. The molecule has 4 rings (SSSR count). The van der Waals surface area contributed by atoms with Crippen LogP contribution in [0.2, 0.25) is 0 Å². The van der Waals surface area contributed by atoms with E-state index in [9.17, 15) is 14.4 Å². The fourth-order valence-electron chi connectivity index (χ4n) is 5.51. The predicted molar refractivity (Wildman–Crippen MR) is 105 cm³/mol. The number of carbonyl (C=O) groups is 3. The van der Waals surface area contributed by atoms with Crippen LogP contribution >= 0.6 is 0 Å². The van der Waals surface area contributed by atoms with Crippen LogP contribution < -0.4 is 10.6 Å². The summed E-state index contributed by atoms with van der Waals surface area (Å²) >= 11 is 0. The first-order valence-electron chi connectivity index (χ1n) is 10.7. The van der Waals surface area contributed by atoms with Gasteiger partial charge in [0.1, 0.15) is 6.04 Å². The van der Waals surface area contributed by atoms with Crippen LogP contribution in [0.25, 0.3) is 0 Å². The van der Waals surface area contributed by atoms with Crippen molar-refractivity contribution in [3.05, 3.63) is 0 Å². The average molecular weight is 392 g/mol. The summed E-state index contributed by atoms with van der Waals surface area (Å²) in [4.78, 5) is 43.7. The molecule has 28 heavy (non-hydrogen) atoms. The highest BCUT2D eigenvalue weighted by Gasteiger charge is 2.49. The summed E-state index contributed by atoms with van der Waals surface area (Å²) in [6.45, 7) is 5.54. The Morgan fingerprint density at radius 1 is 1.14 bits per heavy atom. The van der Waals surface area contributed by atoms with E-state index in [1.807, 2.05) is 9.80 Å². The van der Waals surface area contributed by atoms with Gasteiger partial charge in [0.2, 0.25) is 17.7 Å². The Morgan fingerprint density at radius 2 is 1.82 bits per heavy atom. The number of hydrogen-bond donors (Lipinski definition) is 2. The molecule has 0 saturated carbocycles. The van der Waals surface area contributed by atoms with Crippen LogP contribution in [0.15, 0.2) is 0 Å². The summed E-state index contributed by atoms with van der Waals surface area (Å²) in [5.74, 6) is 0.284. The van der Waals surface area contributed by atoms with Crippen LogP contribution in [0.3, 0.4) is 0 Å². The number of carbonyl (C=O) groups excluding carboxylic acids is 3. The second-order valence-electron chi connectivity index (χ2n) is 9.05. The van der Waals surface area contributed by atoms with Gasteiger partial charge in [0.15, 0.2) is 0 Å². The molecule has 3 amide bonds. The van der Waals surface area contributed by atoms with Crippen LogP contribution in [0.5, 0.6) is 0 Å². The Balaban J connectivity index is 1.40. The number of rotatable bonds is 2. The third-order valence-electron chi connectivity index (χ3n) is 7.40. The molecule has 2 N–H and O–H groups in total. The molecule has 0 unspecified atom stereocenters. The second-order valence-corrected chi connectivity index (χ2v) is 9.05. The van der Waals surface area contributed by atoms with Gasteiger partial charge in [0.25, 0.3) is 0 Å². The van der Waals surface area contributed by atoms with E-state index in [4.69, 9.17) is 0 Å². The van der Waals surface area contributed by atoms with Crippen LogP contribution in [0.1, 0.15) is 45.4 Å². The summed E-state index contributed by atoms with van der Waals surface area (Å²) in [5, 5.41) is 6.57. The standard InChI is InChI=1S/C20H33N5O3/c1-14(26)24-9-3-15(4-10-24)23(2)16-11-17-19(28)22-20(5-7-21-8-6-20)12-18(27)25(17)13-16/h15-17,21H,3-13H2,1-2H3,(H,22,28)/t16-,17-/m0/s1. The van der Waals surface area contributed by atoms with Gasteiger partial charge >= 0.3 is 0 Å². The van der Waals surface area contributed by atoms with Gasteiger partial charge in [-0.2, -0.15) is 0 Å². The van der Waals surface area contributed by atoms with Crippen molar-refractivity contribution in [2.45, 2.75) is 69.1 Å². The Bertz CT molecular complexity index is 612. The normalized spacial score (nSPS) is 31.1. The van der Waals surface area contributed by atoms with E-state index in [2.05, 4.69) is 22.6 Å². The van der Waals surface area contributed by atoms with Crippen LogP contribution in [-0.2, 0) is 14.4 Å². The second kappa shape index (κ2) is 7.63. The lowest BCUT2D eigenvalue weighted by Gasteiger charge is -2.39. The molecule has 0 aromatic rings. The number of likely N-dealkylation sites (tertiary alicyclic amines) is 1. The molecule has 8 heteroatoms. The summed E-state index contributed by atoms with van der Waals surface area (Å²) in [5.41, 5.74) is -0.356. The molecule has 0 radical (unpaired) electrons. The van der Waals surface area contributed by atoms with E-state index in [1.165, 1.54) is 0 Å². The molecule has 156 valence electrons. The number of amides is 3. The van der Waals surface area contributed by atoms with E-state index in [0.717, 1.165) is 51.9 Å². The number of hydrogen-bond acceptors (Lipinski definition) is 5. The van der Waals surface area contributed by atoms with Crippen LogP contribution in [0, 0.1) is 0 Å². The largest absolute Gasteiger partial charge is 0.348 e. The smallest absolute Gasteiger partial charge is 0.243 e. The summed E-state index contributed by atoms with van der Waals surface area (Å²) in [6, 6.07) is 0.264. The van der Waals surface area contributed by atoms with Crippen LogP contribution in [-0.4, -0.2) is 95.9 Å². The first-order valence-corrected chi connectivity index (χ1v) is 10.7. The Labute approximate surface area is 167 Å². The van der Waals surface area contributed by atoms with Crippen molar-refractivity contribution in [3.8, 4) is 0 Å². The molecule has 2 atom stereocenters. The van der Waals surface area contributed by atoms with E-state index >= 15 is 0 Å². The van der Waals surface area contributed by atoms with Crippen molar-refractivity contribution in [2.24, 2.45) is 0 Å². The lowest BCUT2D eigenvalue weighted by Crippen LogP contribution is -2.55. The Kier molecular flexibility index (Phi) is 5.35. The number of nitrogens with zero attached hydrogens (tertiary/aromatic N) is 3. The number of nitrogens with one attached hydrogen (secondary N) is 2. The van der Waals surface area contributed by atoms with Crippen molar-refractivity contribution in [2.75, 3.05) is 39.8 Å². The molecule has 8 nitrogen and oxygen atoms in total. The van der Waals surface area contributed by atoms with Crippen LogP contribution in [0.4, 0.5) is 0 Å². The van der Waals surface area contributed by atoms with Gasteiger partial charge in [-0.15, -0.1) is 0 Å². The van der Waals surface area contributed by atoms with E-state index in [0.29, 0.717) is 25.4 Å². The zero-order chi connectivity index (χ0) is 19.9. The molecule has 0 aromatic carbocycles. The van der Waals surface area contributed by atoms with Crippen molar-refractivity contribution in [1.29, 1.82) is 0 Å². The third-order valence-corrected chi connectivity index (χ3v) is 7.40. The number of fused-ring (bicyclic) bond motifs is 1. The fourth-order valence-corrected chi connectivity index (χ4v) is 5.51. The lowest BCUT2D eigenvalue weighted by molar-refractivity contribution is -0.136. The number of piperidine rings is 2. The van der Waals surface area contributed by atoms with E-state index in [1.54, 1.807) is 6.92 Å². The van der Waals surface area contributed by atoms with Crippen molar-refractivity contribution >= 4 is 17.7 Å². The number of likely N-dealkylation sites (N-methyl/N-ethyl adjacent to an activating group) is 1. The monoisotopic (exact) mass is 391 g/mol. The maximum absolute atomic E-state index is 13.0. The predicted octanol–water partition coefficient (Wildman–Crippen LogP) is -0.459. The van der Waals surface area contributed by atoms with E-state index in [-0.39, 0.29) is 35.3 Å². The van der Waals surface area contributed by atoms with Gasteiger partial charge in [-0.3, -0.25) is 19.3 Å². The first kappa shape index (κ1) is 19.6. The van der Waals surface area contributed by atoms with Gasteiger partial charge < -0.3 is 20.4 Å².